The van der Waals surface area contributed by atoms with E-state index in [9.17, 15) is 20.1 Å². The molecule has 8 saturated carbocycles. The van der Waals surface area contributed by atoms with Crippen LogP contribution in [-0.4, -0.2) is 61.3 Å². The van der Waals surface area contributed by atoms with Crippen molar-refractivity contribution in [1.29, 1.82) is 0 Å². The Morgan fingerprint density at radius 3 is 1.57 bits per heavy atom. The number of carbonyl (C=O) groups is 1. The number of carbonyl (C=O) groups excluding carboxylic acids is 1. The number of alkyl halides is 1. The molecule has 8 fully saturated rings. The van der Waals surface area contributed by atoms with Gasteiger partial charge < -0.3 is 20.1 Å². The van der Waals surface area contributed by atoms with E-state index in [-0.39, 0.29) is 18.3 Å². The maximum atomic E-state index is 12.2. The minimum Gasteiger partial charge on any atom is -0.449 e. The molecule has 8 aliphatic rings. The average molecular weight is 1020 g/mol. The molecule has 8 aliphatic carbocycles. The molecule has 7 nitrogen and oxygen atoms in total. The monoisotopic (exact) mass is 1020 g/mol. The molecule has 1 aromatic heterocycles. The summed E-state index contributed by atoms with van der Waals surface area (Å²) >= 11 is 1.96. The van der Waals surface area contributed by atoms with Crippen molar-refractivity contribution < 1.29 is 26.2 Å². The fourth-order valence-electron chi connectivity index (χ4n) is 19.7. The van der Waals surface area contributed by atoms with Crippen LogP contribution >= 0.6 is 22.6 Å². The summed E-state index contributed by atoms with van der Waals surface area (Å²) in [5.74, 6) is 10.2. The van der Waals surface area contributed by atoms with E-state index in [1.54, 1.807) is 12.4 Å². The van der Waals surface area contributed by atoms with Gasteiger partial charge in [0.2, 0.25) is 0 Å². The molecule has 0 amide bonds. The predicted molar refractivity (Wildman–Crippen MR) is 273 cm³/mol. The zero-order chi connectivity index (χ0) is 47.9. The summed E-state index contributed by atoms with van der Waals surface area (Å²) in [7, 11) is 0. The molecular weight excluding hydrogens is 920 g/mol. The van der Waals surface area contributed by atoms with Crippen molar-refractivity contribution in [1.82, 2.24) is 9.55 Å². The highest BCUT2D eigenvalue weighted by atomic mass is 127. The summed E-state index contributed by atoms with van der Waals surface area (Å²) in [5.41, 5.74) is 1.52. The van der Waals surface area contributed by atoms with E-state index in [0.29, 0.717) is 105 Å². The average Bonchev–Trinajstić information content (AvgIpc) is 4.04. The van der Waals surface area contributed by atoms with Crippen LogP contribution < -0.4 is 0 Å². The molecule has 8 heteroatoms. The number of aromatic nitrogens is 2. The first-order valence-corrected chi connectivity index (χ1v) is 28.9. The van der Waals surface area contributed by atoms with E-state index in [2.05, 4.69) is 74.2 Å². The molecule has 0 aliphatic heterocycles. The van der Waals surface area contributed by atoms with Gasteiger partial charge in [-0.3, -0.25) is 0 Å². The van der Waals surface area contributed by atoms with Gasteiger partial charge in [-0.05, 0) is 211 Å². The number of aliphatic hydroxyl groups excluding tert-OH is 3. The zero-order valence-electron chi connectivity index (χ0n) is 43.9. The van der Waals surface area contributed by atoms with Gasteiger partial charge in [0.1, 0.15) is 6.33 Å². The molecule has 65 heavy (non-hydrogen) atoms. The molecule has 3 N–H and O–H groups in total. The van der Waals surface area contributed by atoms with E-state index in [1.165, 1.54) is 101 Å². The lowest BCUT2D eigenvalue weighted by Crippen LogP contribution is -2.61. The Labute approximate surface area is 412 Å². The molecule has 0 spiro atoms. The van der Waals surface area contributed by atoms with Crippen LogP contribution in [0.4, 0.5) is 4.79 Å². The van der Waals surface area contributed by atoms with Gasteiger partial charge >= 0.3 is 6.09 Å². The van der Waals surface area contributed by atoms with Crippen LogP contribution in [0.15, 0.2) is 18.7 Å². The third-order valence-electron chi connectivity index (χ3n) is 23.0. The van der Waals surface area contributed by atoms with Crippen LogP contribution in [-0.2, 0) is 4.74 Å². The SMILES string of the molecule is CC[C@H]1[C@@H](O)[C@@H]2[C@H](CC[C@]3(C)[C@@H]([C@H](C)CCO)CC[C@@H]23)[C@@]2(C)CC[C@@H](C)C[C@@H]12.CC[C@H]1[C@@H](O)[C@@H]2[C@H](CC[C@]3(C)[C@@H]([C@H](C)CCOC(=O)n4ccnc4)CC[C@@H]23)[C@@]2(C)CC[C@@H](C)C[C@@H]12.[2H]CI. The maximum absolute atomic E-state index is 12.2. The van der Waals surface area contributed by atoms with Crippen LogP contribution in [0.1, 0.15) is 186 Å². The first-order valence-electron chi connectivity index (χ1n) is 28.1. The van der Waals surface area contributed by atoms with Crippen molar-refractivity contribution in [2.45, 2.75) is 197 Å². The Kier molecular flexibility index (Phi) is 16.3. The number of fused-ring (bicyclic) bond motifs is 10. The molecule has 0 aromatic carbocycles. The Bertz CT molecular complexity index is 1720. The number of rotatable bonds is 9. The molecule has 0 bridgehead atoms. The first-order chi connectivity index (χ1) is 31.4. The zero-order valence-corrected chi connectivity index (χ0v) is 45.1. The number of ether oxygens (including phenoxy) is 1. The summed E-state index contributed by atoms with van der Waals surface area (Å²) in [4.78, 5) is 16.6. The standard InChI is InChI=1S/C30H48N2O3.C26H46O2.CH3I/c1-6-21-25-17-19(2)9-12-30(25,5)24-10-13-29(4)22(7-8-23(29)26(24)27(21)33)20(3)11-16-35-28(34)32-15-14-31-18-32;1-6-18-22-15-16(2)9-12-26(22,5)21-10-13-25(4)19(17(3)11-14-27)7-8-20(25)23(21)24(18)28;1-2/h14-15,18-27,33H,6-13,16-17H2,1-5H3;16-24,27-28H,6-15H2,1-5H3;1H3/t19-,20-,21-,22-,23+,24+,25+,26+,27-,29-,30-;16-,17-,18-,19-,20+,21+,22+,23+,24-,25-,26-;/m11./s1/i;;1D. The molecule has 0 unspecified atom stereocenters. The van der Waals surface area contributed by atoms with Crippen LogP contribution in [0.2, 0.25) is 0 Å². The highest BCUT2D eigenvalue weighted by molar-refractivity contribution is 14.1. The minimum atomic E-state index is -0.341. The Hall–Kier alpha value is -0.710. The normalized spacial score (nSPS) is 48.4. The molecule has 1 aromatic rings. The van der Waals surface area contributed by atoms with Crippen LogP contribution in [0, 0.1) is 116 Å². The summed E-state index contributed by atoms with van der Waals surface area (Å²) in [6, 6.07) is 0. The van der Waals surface area contributed by atoms with E-state index in [1.807, 2.05) is 22.6 Å². The Balaban J connectivity index is 0.000000190. The lowest BCUT2D eigenvalue weighted by molar-refractivity contribution is -0.198. The van der Waals surface area contributed by atoms with E-state index in [4.69, 9.17) is 6.11 Å². The quantitative estimate of drug-likeness (QED) is 0.168. The topological polar surface area (TPSA) is 105 Å². The largest absolute Gasteiger partial charge is 0.449 e. The van der Waals surface area contributed by atoms with Crippen molar-refractivity contribution in [3.05, 3.63) is 18.7 Å². The fraction of sp³-hybridized carbons (Fsp3) is 0.930. The minimum absolute atomic E-state index is 0.0881. The van der Waals surface area contributed by atoms with Gasteiger partial charge in [-0.2, -0.15) is 0 Å². The number of halogens is 1. The third-order valence-corrected chi connectivity index (χ3v) is 23.0. The van der Waals surface area contributed by atoms with E-state index < -0.39 is 0 Å². The number of nitrogens with zero attached hydrogens (tertiary/aromatic N) is 2. The van der Waals surface area contributed by atoms with E-state index in [0.717, 1.165) is 55.3 Å². The second kappa shape index (κ2) is 20.9. The highest BCUT2D eigenvalue weighted by Gasteiger charge is 2.66. The summed E-state index contributed by atoms with van der Waals surface area (Å²) in [5, 5.41) is 33.2. The first kappa shape index (κ1) is 50.7. The van der Waals surface area contributed by atoms with E-state index >= 15 is 0 Å². The summed E-state index contributed by atoms with van der Waals surface area (Å²) in [6.45, 7) is 25.4. The fourth-order valence-corrected chi connectivity index (χ4v) is 19.7. The second-order valence-electron chi connectivity index (χ2n) is 25.5. The summed E-state index contributed by atoms with van der Waals surface area (Å²) in [6.07, 6.45) is 26.8. The van der Waals surface area contributed by atoms with Gasteiger partial charge in [0.15, 0.2) is 0 Å². The molecule has 0 radical (unpaired) electrons. The molecule has 372 valence electrons. The number of hydrogen-bond acceptors (Lipinski definition) is 6. The number of hydrogen-bond donors (Lipinski definition) is 3. The van der Waals surface area contributed by atoms with Gasteiger partial charge in [-0.25, -0.2) is 14.3 Å². The molecule has 22 atom stereocenters. The van der Waals surface area contributed by atoms with Crippen molar-refractivity contribution in [2.24, 2.45) is 116 Å². The number of imidazole rings is 1. The van der Waals surface area contributed by atoms with Gasteiger partial charge in [-0.1, -0.05) is 118 Å². The van der Waals surface area contributed by atoms with Crippen LogP contribution in [0.25, 0.3) is 0 Å². The highest BCUT2D eigenvalue weighted by Crippen LogP contribution is 2.72. The Morgan fingerprint density at radius 2 is 1.15 bits per heavy atom. The van der Waals surface area contributed by atoms with Gasteiger partial charge in [-0.15, -0.1) is 0 Å². The van der Waals surface area contributed by atoms with Crippen LogP contribution in [0.3, 0.4) is 0 Å². The molecule has 9 rings (SSSR count). The lowest BCUT2D eigenvalue weighted by atomic mass is 9.41. The maximum Gasteiger partial charge on any atom is 0.419 e. The van der Waals surface area contributed by atoms with Gasteiger partial charge in [0, 0.05) is 20.4 Å². The Morgan fingerprint density at radius 1 is 0.723 bits per heavy atom. The van der Waals surface area contributed by atoms with Crippen molar-refractivity contribution >= 4 is 28.7 Å². The summed E-state index contributed by atoms with van der Waals surface area (Å²) < 4.78 is 13.1. The van der Waals surface area contributed by atoms with Crippen LogP contribution in [0.5, 0.6) is 0 Å². The smallest absolute Gasteiger partial charge is 0.419 e. The lowest BCUT2D eigenvalue weighted by Gasteiger charge is -2.65. The predicted octanol–water partition coefficient (Wildman–Crippen LogP) is 13.8. The van der Waals surface area contributed by atoms with Crippen molar-refractivity contribution in [3.63, 3.8) is 0 Å². The third kappa shape index (κ3) is 9.14. The molecule has 1 heterocycles. The van der Waals surface area contributed by atoms with Crippen molar-refractivity contribution in [2.75, 3.05) is 18.1 Å². The molecular formula is C57H97IN2O5. The molecule has 0 saturated heterocycles. The van der Waals surface area contributed by atoms with Gasteiger partial charge in [0.05, 0.1) is 18.8 Å². The number of aliphatic hydroxyl groups is 3. The van der Waals surface area contributed by atoms with Gasteiger partial charge in [0.25, 0.3) is 0 Å². The second-order valence-corrected chi connectivity index (χ2v) is 25.5. The van der Waals surface area contributed by atoms with Crippen molar-refractivity contribution in [3.8, 4) is 0 Å².